The van der Waals surface area contributed by atoms with Crippen LogP contribution in [0.25, 0.3) is 11.1 Å². The standard InChI is InChI=1S/C19H20N4O3/c1-23-13-16(11-22-23)15-6-4-14(5-7-15)8-9-20-18(24)19(25)21-12-17-3-2-10-26-17/h2-7,10-11,13H,8-9,12H2,1H3,(H,20,24)(H,21,25). The van der Waals surface area contributed by atoms with Gasteiger partial charge < -0.3 is 15.1 Å². The lowest BCUT2D eigenvalue weighted by Gasteiger charge is -2.06. The summed E-state index contributed by atoms with van der Waals surface area (Å²) in [5, 5.41) is 9.28. The number of carbonyl (C=O) groups is 2. The zero-order chi connectivity index (χ0) is 18.4. The van der Waals surface area contributed by atoms with Crippen molar-refractivity contribution < 1.29 is 14.0 Å². The predicted octanol–water partition coefficient (Wildman–Crippen LogP) is 1.66. The Morgan fingerprint density at radius 1 is 1.08 bits per heavy atom. The summed E-state index contributed by atoms with van der Waals surface area (Å²) in [6.45, 7) is 0.578. The Morgan fingerprint density at radius 2 is 1.85 bits per heavy atom. The first-order valence-corrected chi connectivity index (χ1v) is 8.28. The second-order valence-corrected chi connectivity index (χ2v) is 5.87. The highest BCUT2D eigenvalue weighted by molar-refractivity contribution is 6.35. The smallest absolute Gasteiger partial charge is 0.309 e. The summed E-state index contributed by atoms with van der Waals surface area (Å²) in [7, 11) is 1.88. The van der Waals surface area contributed by atoms with Crippen LogP contribution in [0.15, 0.2) is 59.5 Å². The first kappa shape index (κ1) is 17.5. The van der Waals surface area contributed by atoms with Gasteiger partial charge in [0, 0.05) is 25.4 Å². The van der Waals surface area contributed by atoms with Crippen LogP contribution in [0.2, 0.25) is 0 Å². The highest BCUT2D eigenvalue weighted by Crippen LogP contribution is 2.18. The summed E-state index contributed by atoms with van der Waals surface area (Å²) in [6, 6.07) is 11.5. The highest BCUT2D eigenvalue weighted by atomic mass is 16.3. The molecule has 2 aromatic heterocycles. The monoisotopic (exact) mass is 352 g/mol. The molecule has 2 heterocycles. The third-order valence-corrected chi connectivity index (χ3v) is 3.90. The van der Waals surface area contributed by atoms with Gasteiger partial charge in [0.25, 0.3) is 0 Å². The SMILES string of the molecule is Cn1cc(-c2ccc(CCNC(=O)C(=O)NCc3ccco3)cc2)cn1. The molecule has 0 aliphatic carbocycles. The van der Waals surface area contributed by atoms with E-state index in [1.54, 1.807) is 16.8 Å². The number of carbonyl (C=O) groups excluding carboxylic acids is 2. The maximum atomic E-state index is 11.8. The van der Waals surface area contributed by atoms with Crippen LogP contribution < -0.4 is 10.6 Å². The molecule has 7 nitrogen and oxygen atoms in total. The van der Waals surface area contributed by atoms with Gasteiger partial charge in [-0.2, -0.15) is 5.10 Å². The van der Waals surface area contributed by atoms with E-state index in [2.05, 4.69) is 15.7 Å². The van der Waals surface area contributed by atoms with Gasteiger partial charge in [-0.15, -0.1) is 0 Å². The molecular weight excluding hydrogens is 332 g/mol. The second kappa shape index (κ2) is 8.15. The Bertz CT molecular complexity index is 867. The number of nitrogens with zero attached hydrogens (tertiary/aromatic N) is 2. The predicted molar refractivity (Wildman–Crippen MR) is 95.9 cm³/mol. The van der Waals surface area contributed by atoms with E-state index in [-0.39, 0.29) is 6.54 Å². The molecule has 0 spiro atoms. The van der Waals surface area contributed by atoms with Crippen molar-refractivity contribution in [1.29, 1.82) is 0 Å². The van der Waals surface area contributed by atoms with Gasteiger partial charge in [0.15, 0.2) is 0 Å². The first-order chi connectivity index (χ1) is 12.6. The Labute approximate surface area is 151 Å². The number of nitrogens with one attached hydrogen (secondary N) is 2. The minimum atomic E-state index is -0.673. The summed E-state index contributed by atoms with van der Waals surface area (Å²) in [5.41, 5.74) is 3.22. The molecule has 2 N–H and O–H groups in total. The maximum Gasteiger partial charge on any atom is 0.309 e. The summed E-state index contributed by atoms with van der Waals surface area (Å²) >= 11 is 0. The van der Waals surface area contributed by atoms with Crippen LogP contribution in [0.4, 0.5) is 0 Å². The molecule has 134 valence electrons. The van der Waals surface area contributed by atoms with E-state index in [1.165, 1.54) is 6.26 Å². The molecule has 0 saturated carbocycles. The fourth-order valence-corrected chi connectivity index (χ4v) is 2.50. The number of rotatable bonds is 6. The van der Waals surface area contributed by atoms with Crippen molar-refractivity contribution >= 4 is 11.8 Å². The van der Waals surface area contributed by atoms with Gasteiger partial charge in [0.2, 0.25) is 0 Å². The fourth-order valence-electron chi connectivity index (χ4n) is 2.50. The molecule has 0 atom stereocenters. The van der Waals surface area contributed by atoms with Crippen molar-refractivity contribution in [3.63, 3.8) is 0 Å². The Morgan fingerprint density at radius 3 is 2.50 bits per heavy atom. The average Bonchev–Trinajstić information content (AvgIpc) is 3.32. The van der Waals surface area contributed by atoms with Crippen LogP contribution >= 0.6 is 0 Å². The second-order valence-electron chi connectivity index (χ2n) is 5.87. The number of hydrogen-bond donors (Lipinski definition) is 2. The molecule has 0 radical (unpaired) electrons. The van der Waals surface area contributed by atoms with Crippen LogP contribution in [0.5, 0.6) is 0 Å². The Kier molecular flexibility index (Phi) is 5.48. The highest BCUT2D eigenvalue weighted by Gasteiger charge is 2.12. The average molecular weight is 352 g/mol. The Hall–Kier alpha value is -3.35. The van der Waals surface area contributed by atoms with Gasteiger partial charge in [0.05, 0.1) is 19.0 Å². The largest absolute Gasteiger partial charge is 0.467 e. The molecule has 0 saturated heterocycles. The molecule has 1 aromatic carbocycles. The Balaban J connectivity index is 1.42. The van der Waals surface area contributed by atoms with E-state index in [1.807, 2.05) is 43.7 Å². The lowest BCUT2D eigenvalue weighted by atomic mass is 10.1. The van der Waals surface area contributed by atoms with Gasteiger partial charge in [-0.25, -0.2) is 0 Å². The van der Waals surface area contributed by atoms with Gasteiger partial charge in [0.1, 0.15) is 5.76 Å². The third kappa shape index (κ3) is 4.60. The van der Waals surface area contributed by atoms with Gasteiger partial charge in [-0.05, 0) is 29.7 Å². The third-order valence-electron chi connectivity index (χ3n) is 3.90. The molecule has 0 fully saturated rings. The summed E-state index contributed by atoms with van der Waals surface area (Å²) < 4.78 is 6.85. The quantitative estimate of drug-likeness (QED) is 0.660. The van der Waals surface area contributed by atoms with E-state index < -0.39 is 11.8 Å². The number of hydrogen-bond acceptors (Lipinski definition) is 4. The summed E-state index contributed by atoms with van der Waals surface area (Å²) in [6.07, 6.45) is 5.93. The molecule has 7 heteroatoms. The number of amides is 2. The molecule has 0 aliphatic rings. The molecule has 3 aromatic rings. The van der Waals surface area contributed by atoms with Gasteiger partial charge >= 0.3 is 11.8 Å². The van der Waals surface area contributed by atoms with Crippen molar-refractivity contribution in [2.45, 2.75) is 13.0 Å². The minimum Gasteiger partial charge on any atom is -0.467 e. The van der Waals surface area contributed by atoms with Crippen LogP contribution in [-0.4, -0.2) is 28.1 Å². The van der Waals surface area contributed by atoms with E-state index in [4.69, 9.17) is 4.42 Å². The van der Waals surface area contributed by atoms with Crippen LogP contribution in [-0.2, 0) is 29.6 Å². The van der Waals surface area contributed by atoms with E-state index >= 15 is 0 Å². The zero-order valence-electron chi connectivity index (χ0n) is 14.4. The number of aromatic nitrogens is 2. The van der Waals surface area contributed by atoms with Gasteiger partial charge in [-0.3, -0.25) is 14.3 Å². The summed E-state index contributed by atoms with van der Waals surface area (Å²) in [4.78, 5) is 23.5. The van der Waals surface area contributed by atoms with Crippen LogP contribution in [0.1, 0.15) is 11.3 Å². The lowest BCUT2D eigenvalue weighted by Crippen LogP contribution is -2.40. The minimum absolute atomic E-state index is 0.190. The molecule has 26 heavy (non-hydrogen) atoms. The molecular formula is C19H20N4O3. The van der Waals surface area contributed by atoms with Crippen LogP contribution in [0.3, 0.4) is 0 Å². The summed E-state index contributed by atoms with van der Waals surface area (Å²) in [5.74, 6) is -0.725. The normalized spacial score (nSPS) is 10.5. The van der Waals surface area contributed by atoms with E-state index in [9.17, 15) is 9.59 Å². The van der Waals surface area contributed by atoms with E-state index in [0.717, 1.165) is 16.7 Å². The number of furan rings is 1. The first-order valence-electron chi connectivity index (χ1n) is 8.28. The topological polar surface area (TPSA) is 89.2 Å². The van der Waals surface area contributed by atoms with Crippen LogP contribution in [0, 0.1) is 0 Å². The van der Waals surface area contributed by atoms with Crippen molar-refractivity contribution in [2.75, 3.05) is 6.54 Å². The molecule has 0 unspecified atom stereocenters. The van der Waals surface area contributed by atoms with Crippen molar-refractivity contribution in [3.8, 4) is 11.1 Å². The number of benzene rings is 1. The molecule has 2 amide bonds. The van der Waals surface area contributed by atoms with Crippen molar-refractivity contribution in [1.82, 2.24) is 20.4 Å². The van der Waals surface area contributed by atoms with Crippen molar-refractivity contribution in [2.24, 2.45) is 7.05 Å². The molecule has 3 rings (SSSR count). The van der Waals surface area contributed by atoms with E-state index in [0.29, 0.717) is 18.7 Å². The number of aryl methyl sites for hydroxylation is 1. The zero-order valence-corrected chi connectivity index (χ0v) is 14.4. The lowest BCUT2D eigenvalue weighted by molar-refractivity contribution is -0.139. The van der Waals surface area contributed by atoms with Crippen molar-refractivity contribution in [3.05, 3.63) is 66.4 Å². The molecule has 0 aliphatic heterocycles. The molecule has 0 bridgehead atoms. The fraction of sp³-hybridized carbons (Fsp3) is 0.211. The van der Waals surface area contributed by atoms with Gasteiger partial charge in [-0.1, -0.05) is 24.3 Å². The maximum absolute atomic E-state index is 11.8.